The number of carbonyl (C=O) groups excluding carboxylic acids is 2. The van der Waals surface area contributed by atoms with Crippen molar-refractivity contribution >= 4 is 23.2 Å². The molecule has 3 atom stereocenters. The molecule has 2 saturated heterocycles. The summed E-state index contributed by atoms with van der Waals surface area (Å²) in [6.45, 7) is 4.91. The minimum Gasteiger partial charge on any atom is -0.372 e. The third-order valence-corrected chi connectivity index (χ3v) is 5.80. The lowest BCUT2D eigenvalue weighted by molar-refractivity contribution is -0.934. The monoisotopic (exact) mass is 359 g/mol. The molecule has 1 unspecified atom stereocenters. The second-order valence-corrected chi connectivity index (χ2v) is 7.58. The maximum atomic E-state index is 12.7. The lowest BCUT2D eigenvalue weighted by Crippen LogP contribution is -3.21. The Labute approximate surface area is 155 Å². The second kappa shape index (κ2) is 8.54. The molecule has 0 saturated carbocycles. The summed E-state index contributed by atoms with van der Waals surface area (Å²) in [5.74, 6) is -0.357. The van der Waals surface area contributed by atoms with Gasteiger partial charge in [-0.3, -0.25) is 9.59 Å². The minimum atomic E-state index is -0.301. The van der Waals surface area contributed by atoms with Gasteiger partial charge < -0.3 is 20.9 Å². The van der Waals surface area contributed by atoms with Crippen LogP contribution in [0.1, 0.15) is 45.4 Å². The van der Waals surface area contributed by atoms with E-state index >= 15 is 0 Å². The summed E-state index contributed by atoms with van der Waals surface area (Å²) in [5.41, 5.74) is 7.55. The third kappa shape index (κ3) is 4.36. The van der Waals surface area contributed by atoms with Gasteiger partial charge in [-0.05, 0) is 63.3 Å². The van der Waals surface area contributed by atoms with E-state index in [0.29, 0.717) is 0 Å². The van der Waals surface area contributed by atoms with Crippen molar-refractivity contribution in [2.75, 3.05) is 29.9 Å². The zero-order valence-corrected chi connectivity index (χ0v) is 15.7. The van der Waals surface area contributed by atoms with E-state index in [4.69, 9.17) is 5.73 Å². The molecule has 0 aliphatic carbocycles. The van der Waals surface area contributed by atoms with Gasteiger partial charge in [0.15, 0.2) is 12.1 Å². The predicted octanol–water partition coefficient (Wildman–Crippen LogP) is 0.927. The van der Waals surface area contributed by atoms with Crippen LogP contribution in [0, 0.1) is 0 Å². The van der Waals surface area contributed by atoms with Crippen molar-refractivity contribution in [3.63, 3.8) is 0 Å². The van der Waals surface area contributed by atoms with Crippen LogP contribution in [0.5, 0.6) is 0 Å². The Kier molecular flexibility index (Phi) is 6.14. The van der Waals surface area contributed by atoms with Gasteiger partial charge in [-0.15, -0.1) is 0 Å². The number of amides is 2. The highest BCUT2D eigenvalue weighted by atomic mass is 16.2. The van der Waals surface area contributed by atoms with E-state index in [1.165, 1.54) is 24.9 Å². The molecular weight excluding hydrogens is 328 g/mol. The molecule has 0 bridgehead atoms. The largest absolute Gasteiger partial charge is 0.372 e. The number of benzene rings is 1. The summed E-state index contributed by atoms with van der Waals surface area (Å²) in [5, 5.41) is 3.00. The van der Waals surface area contributed by atoms with E-state index in [0.717, 1.165) is 49.5 Å². The molecule has 2 fully saturated rings. The van der Waals surface area contributed by atoms with Gasteiger partial charge >= 0.3 is 0 Å². The number of quaternary nitrogens is 1. The number of likely N-dealkylation sites (tertiary alicyclic amines) is 1. The van der Waals surface area contributed by atoms with Crippen LogP contribution in [0.15, 0.2) is 24.3 Å². The van der Waals surface area contributed by atoms with Gasteiger partial charge in [0.2, 0.25) is 0 Å². The van der Waals surface area contributed by atoms with Crippen molar-refractivity contribution in [2.24, 2.45) is 5.73 Å². The van der Waals surface area contributed by atoms with Crippen LogP contribution in [0.4, 0.5) is 11.4 Å². The first kappa shape index (κ1) is 18.7. The standard InChI is InChI=1S/C20H30N4O2/c1-15(24-14-6-3-7-18(24)19(21)25)20(26)22-16-8-10-17(11-9-16)23-12-4-2-5-13-23/h8-11,15,18H,2-7,12-14H2,1H3,(H2,21,25)(H,22,26)/p+1/t15-,18+/m0/s1. The van der Waals surface area contributed by atoms with Crippen LogP contribution >= 0.6 is 0 Å². The summed E-state index contributed by atoms with van der Waals surface area (Å²) in [7, 11) is 0. The van der Waals surface area contributed by atoms with Crippen LogP contribution < -0.4 is 20.9 Å². The summed E-state index contributed by atoms with van der Waals surface area (Å²) in [4.78, 5) is 27.8. The first-order valence-corrected chi connectivity index (χ1v) is 9.87. The zero-order valence-electron chi connectivity index (χ0n) is 15.7. The highest BCUT2D eigenvalue weighted by Crippen LogP contribution is 2.21. The topological polar surface area (TPSA) is 79.9 Å². The third-order valence-electron chi connectivity index (χ3n) is 5.80. The zero-order chi connectivity index (χ0) is 18.5. The highest BCUT2D eigenvalue weighted by Gasteiger charge is 2.37. The fourth-order valence-electron chi connectivity index (χ4n) is 4.21. The molecule has 2 aliphatic heterocycles. The quantitative estimate of drug-likeness (QED) is 0.732. The molecule has 6 nitrogen and oxygen atoms in total. The number of hydrogen-bond donors (Lipinski definition) is 3. The second-order valence-electron chi connectivity index (χ2n) is 7.58. The maximum Gasteiger partial charge on any atom is 0.282 e. The summed E-state index contributed by atoms with van der Waals surface area (Å²) in [6, 6.07) is 7.52. The minimum absolute atomic E-state index is 0.0566. The molecule has 0 spiro atoms. The molecule has 2 aliphatic rings. The van der Waals surface area contributed by atoms with Gasteiger partial charge in [0.05, 0.1) is 6.54 Å². The van der Waals surface area contributed by atoms with Crippen LogP contribution in [0.3, 0.4) is 0 Å². The Morgan fingerprint density at radius 3 is 2.46 bits per heavy atom. The molecule has 0 aromatic heterocycles. The molecule has 26 heavy (non-hydrogen) atoms. The van der Waals surface area contributed by atoms with Gasteiger partial charge in [0.1, 0.15) is 0 Å². The molecule has 0 radical (unpaired) electrons. The van der Waals surface area contributed by atoms with Crippen molar-refractivity contribution in [2.45, 2.75) is 57.5 Å². The number of piperidine rings is 2. The molecule has 1 aromatic rings. The van der Waals surface area contributed by atoms with Crippen molar-refractivity contribution in [3.05, 3.63) is 24.3 Å². The number of hydrogen-bond acceptors (Lipinski definition) is 3. The Hall–Kier alpha value is -2.08. The van der Waals surface area contributed by atoms with Gasteiger partial charge in [0.25, 0.3) is 11.8 Å². The lowest BCUT2D eigenvalue weighted by Gasteiger charge is -2.34. The molecule has 2 heterocycles. The van der Waals surface area contributed by atoms with Gasteiger partial charge in [0, 0.05) is 30.9 Å². The summed E-state index contributed by atoms with van der Waals surface area (Å²) in [6.07, 6.45) is 6.61. The predicted molar refractivity (Wildman–Crippen MR) is 103 cm³/mol. The SMILES string of the molecule is C[C@@H](C(=O)Nc1ccc(N2CCCCC2)cc1)[NH+]1CCCC[C@@H]1C(N)=O. The van der Waals surface area contributed by atoms with E-state index in [9.17, 15) is 9.59 Å². The highest BCUT2D eigenvalue weighted by molar-refractivity contribution is 5.94. The Balaban J connectivity index is 1.60. The normalized spacial score (nSPS) is 24.7. The number of rotatable bonds is 5. The molecule has 1 aromatic carbocycles. The fourth-order valence-corrected chi connectivity index (χ4v) is 4.21. The van der Waals surface area contributed by atoms with E-state index in [1.54, 1.807) is 0 Å². The number of primary amides is 1. The Morgan fingerprint density at radius 2 is 1.81 bits per heavy atom. The summed E-state index contributed by atoms with van der Waals surface area (Å²) < 4.78 is 0. The number of nitrogens with two attached hydrogens (primary N) is 1. The molecular formula is C20H31N4O2+. The number of nitrogens with zero attached hydrogens (tertiary/aromatic N) is 1. The average molecular weight is 359 g/mol. The molecule has 3 rings (SSSR count). The van der Waals surface area contributed by atoms with E-state index in [1.807, 2.05) is 19.1 Å². The Morgan fingerprint density at radius 1 is 1.12 bits per heavy atom. The van der Waals surface area contributed by atoms with Gasteiger partial charge in [-0.1, -0.05) is 0 Å². The van der Waals surface area contributed by atoms with Crippen LogP contribution in [-0.4, -0.2) is 43.5 Å². The summed E-state index contributed by atoms with van der Waals surface area (Å²) >= 11 is 0. The van der Waals surface area contributed by atoms with E-state index in [2.05, 4.69) is 22.3 Å². The maximum absolute atomic E-state index is 12.7. The van der Waals surface area contributed by atoms with E-state index in [-0.39, 0.29) is 23.9 Å². The van der Waals surface area contributed by atoms with Crippen LogP contribution in [0.2, 0.25) is 0 Å². The van der Waals surface area contributed by atoms with Crippen molar-refractivity contribution in [1.29, 1.82) is 0 Å². The first-order valence-electron chi connectivity index (χ1n) is 9.87. The molecule has 142 valence electrons. The van der Waals surface area contributed by atoms with Crippen LogP contribution in [-0.2, 0) is 9.59 Å². The van der Waals surface area contributed by atoms with Crippen LogP contribution in [0.25, 0.3) is 0 Å². The first-order chi connectivity index (χ1) is 12.6. The average Bonchev–Trinajstić information content (AvgIpc) is 2.68. The van der Waals surface area contributed by atoms with E-state index < -0.39 is 0 Å². The van der Waals surface area contributed by atoms with Gasteiger partial charge in [-0.25, -0.2) is 0 Å². The number of anilines is 2. The van der Waals surface area contributed by atoms with Crippen molar-refractivity contribution in [1.82, 2.24) is 0 Å². The lowest BCUT2D eigenvalue weighted by atomic mass is 9.99. The fraction of sp³-hybridized carbons (Fsp3) is 0.600. The number of carbonyl (C=O) groups is 2. The number of nitrogens with one attached hydrogen (secondary N) is 2. The van der Waals surface area contributed by atoms with Crippen molar-refractivity contribution in [3.8, 4) is 0 Å². The molecule has 4 N–H and O–H groups in total. The van der Waals surface area contributed by atoms with Crippen molar-refractivity contribution < 1.29 is 14.5 Å². The molecule has 2 amide bonds. The molecule has 6 heteroatoms. The Bertz CT molecular complexity index is 625. The smallest absolute Gasteiger partial charge is 0.282 e. The van der Waals surface area contributed by atoms with Gasteiger partial charge in [-0.2, -0.15) is 0 Å².